The summed E-state index contributed by atoms with van der Waals surface area (Å²) in [6, 6.07) is 6.82. The van der Waals surface area contributed by atoms with E-state index in [9.17, 15) is 9.18 Å². The molecule has 1 fully saturated rings. The van der Waals surface area contributed by atoms with Gasteiger partial charge in [-0.3, -0.25) is 4.79 Å². The summed E-state index contributed by atoms with van der Waals surface area (Å²) in [4.78, 5) is 13.1. The van der Waals surface area contributed by atoms with Gasteiger partial charge in [0.1, 0.15) is 5.82 Å². The molecule has 17 heavy (non-hydrogen) atoms. The Kier molecular flexibility index (Phi) is 3.74. The molecule has 1 aliphatic rings. The van der Waals surface area contributed by atoms with E-state index in [4.69, 9.17) is 0 Å². The molecule has 1 amide bonds. The highest BCUT2D eigenvalue weighted by atomic mass is 19.1. The lowest BCUT2D eigenvalue weighted by atomic mass is 10.1. The second-order valence-corrected chi connectivity index (χ2v) is 4.52. The molecule has 4 heteroatoms. The van der Waals surface area contributed by atoms with Crippen LogP contribution in [0.4, 0.5) is 4.39 Å². The summed E-state index contributed by atoms with van der Waals surface area (Å²) in [6.07, 6.45) is 1.49. The second kappa shape index (κ2) is 5.27. The molecule has 2 rings (SSSR count). The van der Waals surface area contributed by atoms with E-state index in [0.29, 0.717) is 19.0 Å². The third-order valence-corrected chi connectivity index (χ3v) is 3.13. The molecule has 1 atom stereocenters. The molecule has 92 valence electrons. The molecule has 0 bridgehead atoms. The van der Waals surface area contributed by atoms with Gasteiger partial charge in [0.15, 0.2) is 0 Å². The van der Waals surface area contributed by atoms with Crippen molar-refractivity contribution in [1.29, 1.82) is 0 Å². The molecule has 1 heterocycles. The predicted molar refractivity (Wildman–Crippen MR) is 63.9 cm³/mol. The molecular weight excluding hydrogens is 219 g/mol. The number of nitrogens with one attached hydrogen (secondary N) is 1. The highest BCUT2D eigenvalue weighted by Crippen LogP contribution is 2.10. The Hall–Kier alpha value is -1.42. The van der Waals surface area contributed by atoms with Crippen molar-refractivity contribution in [3.05, 3.63) is 35.6 Å². The number of nitrogens with zero attached hydrogens (tertiary/aromatic N) is 1. The molecule has 1 N–H and O–H groups in total. The zero-order valence-electron chi connectivity index (χ0n) is 9.95. The summed E-state index contributed by atoms with van der Waals surface area (Å²) >= 11 is 0. The van der Waals surface area contributed by atoms with Crippen molar-refractivity contribution in [3.8, 4) is 0 Å². The first kappa shape index (κ1) is 12.0. The van der Waals surface area contributed by atoms with Crippen LogP contribution in [-0.2, 0) is 11.3 Å². The van der Waals surface area contributed by atoms with Gasteiger partial charge in [-0.05, 0) is 24.1 Å². The molecule has 1 aromatic rings. The smallest absolute Gasteiger partial charge is 0.222 e. The van der Waals surface area contributed by atoms with Gasteiger partial charge in [0.2, 0.25) is 5.91 Å². The zero-order chi connectivity index (χ0) is 12.3. The molecule has 0 spiro atoms. The average molecular weight is 236 g/mol. The van der Waals surface area contributed by atoms with Crippen LogP contribution >= 0.6 is 0 Å². The van der Waals surface area contributed by atoms with Crippen LogP contribution in [-0.4, -0.2) is 30.4 Å². The van der Waals surface area contributed by atoms with E-state index in [1.807, 2.05) is 7.05 Å². The molecule has 0 aliphatic carbocycles. The van der Waals surface area contributed by atoms with E-state index < -0.39 is 0 Å². The van der Waals surface area contributed by atoms with Crippen LogP contribution in [0.1, 0.15) is 18.4 Å². The van der Waals surface area contributed by atoms with Gasteiger partial charge in [-0.15, -0.1) is 0 Å². The van der Waals surface area contributed by atoms with E-state index in [-0.39, 0.29) is 11.7 Å². The van der Waals surface area contributed by atoms with Crippen molar-refractivity contribution < 1.29 is 9.18 Å². The van der Waals surface area contributed by atoms with Crippen LogP contribution in [0.3, 0.4) is 0 Å². The largest absolute Gasteiger partial charge is 0.344 e. The van der Waals surface area contributed by atoms with Crippen LogP contribution in [0.25, 0.3) is 0 Å². The molecule has 1 aromatic carbocycles. The maximum atomic E-state index is 12.7. The van der Waals surface area contributed by atoms with Crippen LogP contribution in [0.5, 0.6) is 0 Å². The Morgan fingerprint density at radius 2 is 2.12 bits per heavy atom. The van der Waals surface area contributed by atoms with E-state index in [1.54, 1.807) is 17.0 Å². The first-order valence-corrected chi connectivity index (χ1v) is 5.87. The minimum atomic E-state index is -0.211. The summed E-state index contributed by atoms with van der Waals surface area (Å²) in [5.74, 6) is 0.00146. The maximum Gasteiger partial charge on any atom is 0.222 e. The second-order valence-electron chi connectivity index (χ2n) is 4.52. The zero-order valence-corrected chi connectivity index (χ0v) is 9.95. The van der Waals surface area contributed by atoms with Crippen molar-refractivity contribution in [1.82, 2.24) is 10.2 Å². The standard InChI is InChI=1S/C13H17FN2O/c1-16-9-12(6-7-13(16)17)15-8-10-2-4-11(14)5-3-10/h2-5,12,15H,6-9H2,1H3. The number of carbonyl (C=O) groups excluding carboxylic acids is 1. The topological polar surface area (TPSA) is 32.3 Å². The SMILES string of the molecule is CN1CC(NCc2ccc(F)cc2)CCC1=O. The van der Waals surface area contributed by atoms with Crippen LogP contribution in [0.2, 0.25) is 0 Å². The van der Waals surface area contributed by atoms with Gasteiger partial charge in [-0.1, -0.05) is 12.1 Å². The number of amides is 1. The van der Waals surface area contributed by atoms with Gasteiger partial charge in [0.05, 0.1) is 0 Å². The first-order valence-electron chi connectivity index (χ1n) is 5.87. The van der Waals surface area contributed by atoms with E-state index in [2.05, 4.69) is 5.32 Å². The third-order valence-electron chi connectivity index (χ3n) is 3.13. The Bertz CT molecular complexity index is 391. The number of rotatable bonds is 3. The van der Waals surface area contributed by atoms with Gasteiger partial charge < -0.3 is 10.2 Å². The quantitative estimate of drug-likeness (QED) is 0.863. The van der Waals surface area contributed by atoms with Crippen molar-refractivity contribution >= 4 is 5.91 Å². The van der Waals surface area contributed by atoms with Gasteiger partial charge in [0, 0.05) is 32.6 Å². The summed E-state index contributed by atoms with van der Waals surface area (Å²) in [6.45, 7) is 1.47. The van der Waals surface area contributed by atoms with E-state index in [1.165, 1.54) is 12.1 Å². The number of halogens is 1. The molecular formula is C13H17FN2O. The first-order chi connectivity index (χ1) is 8.15. The molecule has 0 radical (unpaired) electrons. The Morgan fingerprint density at radius 3 is 2.76 bits per heavy atom. The lowest BCUT2D eigenvalue weighted by molar-refractivity contribution is -0.132. The van der Waals surface area contributed by atoms with Crippen molar-refractivity contribution in [3.63, 3.8) is 0 Å². The van der Waals surface area contributed by atoms with Crippen LogP contribution < -0.4 is 5.32 Å². The highest BCUT2D eigenvalue weighted by Gasteiger charge is 2.21. The molecule has 3 nitrogen and oxygen atoms in total. The van der Waals surface area contributed by atoms with Gasteiger partial charge in [-0.2, -0.15) is 0 Å². The Morgan fingerprint density at radius 1 is 1.41 bits per heavy atom. The molecule has 1 aliphatic heterocycles. The fourth-order valence-electron chi connectivity index (χ4n) is 2.04. The third kappa shape index (κ3) is 3.27. The maximum absolute atomic E-state index is 12.7. The number of hydrogen-bond acceptors (Lipinski definition) is 2. The van der Waals surface area contributed by atoms with Gasteiger partial charge in [-0.25, -0.2) is 4.39 Å². The lowest BCUT2D eigenvalue weighted by Gasteiger charge is -2.30. The number of carbonyl (C=O) groups is 1. The summed E-state index contributed by atoms with van der Waals surface area (Å²) in [7, 11) is 1.83. The van der Waals surface area contributed by atoms with Crippen LogP contribution in [0.15, 0.2) is 24.3 Å². The minimum Gasteiger partial charge on any atom is -0.344 e. The van der Waals surface area contributed by atoms with Gasteiger partial charge in [0.25, 0.3) is 0 Å². The predicted octanol–water partition coefficient (Wildman–Crippen LogP) is 1.54. The van der Waals surface area contributed by atoms with E-state index >= 15 is 0 Å². The number of piperidine rings is 1. The lowest BCUT2D eigenvalue weighted by Crippen LogP contribution is -2.46. The summed E-state index contributed by atoms with van der Waals surface area (Å²) in [5, 5.41) is 3.39. The summed E-state index contributed by atoms with van der Waals surface area (Å²) < 4.78 is 12.7. The highest BCUT2D eigenvalue weighted by molar-refractivity contribution is 5.76. The number of likely N-dealkylation sites (N-methyl/N-ethyl adjacent to an activating group) is 1. The fourth-order valence-corrected chi connectivity index (χ4v) is 2.04. The molecule has 0 aromatic heterocycles. The fraction of sp³-hybridized carbons (Fsp3) is 0.462. The number of hydrogen-bond donors (Lipinski definition) is 1. The van der Waals surface area contributed by atoms with Crippen molar-refractivity contribution in [2.75, 3.05) is 13.6 Å². The van der Waals surface area contributed by atoms with Crippen LogP contribution in [0, 0.1) is 5.82 Å². The van der Waals surface area contributed by atoms with E-state index in [0.717, 1.165) is 18.5 Å². The molecule has 1 unspecified atom stereocenters. The normalized spacial score (nSPS) is 20.7. The average Bonchev–Trinajstić information content (AvgIpc) is 2.33. The monoisotopic (exact) mass is 236 g/mol. The van der Waals surface area contributed by atoms with Gasteiger partial charge >= 0.3 is 0 Å². The Balaban J connectivity index is 1.82. The number of likely N-dealkylation sites (tertiary alicyclic amines) is 1. The minimum absolute atomic E-state index is 0.211. The van der Waals surface area contributed by atoms with Crippen molar-refractivity contribution in [2.24, 2.45) is 0 Å². The van der Waals surface area contributed by atoms with Crippen molar-refractivity contribution in [2.45, 2.75) is 25.4 Å². The Labute approximate surface area is 101 Å². The summed E-state index contributed by atoms with van der Waals surface area (Å²) in [5.41, 5.74) is 1.06. The molecule has 1 saturated heterocycles. The number of benzene rings is 1. The molecule has 0 saturated carbocycles.